The van der Waals surface area contributed by atoms with E-state index in [1.165, 1.54) is 0 Å². The largest absolute Gasteiger partial charge is 0.505 e. The number of hydrogen-bond donors (Lipinski definition) is 6. The molecule has 1 aliphatic heterocycles. The molecule has 0 saturated carbocycles. The maximum atomic E-state index is 10.5. The van der Waals surface area contributed by atoms with Crippen LogP contribution >= 0.6 is 0 Å². The molecular weight excluding hydrogens is 234 g/mol. The Morgan fingerprint density at radius 3 is 2.12 bits per heavy atom. The highest BCUT2D eigenvalue weighted by atomic mass is 16.6. The summed E-state index contributed by atoms with van der Waals surface area (Å²) in [5, 5.41) is 43.2. The summed E-state index contributed by atoms with van der Waals surface area (Å²) in [4.78, 5) is 10.5. The molecule has 17 heavy (non-hydrogen) atoms. The second-order valence-corrected chi connectivity index (χ2v) is 3.29. The second-order valence-electron chi connectivity index (χ2n) is 3.29. The van der Waals surface area contributed by atoms with Crippen molar-refractivity contribution in [2.45, 2.75) is 31.8 Å². The average molecular weight is 251 g/mol. The molecule has 3 atom stereocenters. The summed E-state index contributed by atoms with van der Waals surface area (Å²) in [5.41, 5.74) is 4.85. The molecule has 1 unspecified atom stereocenters. The van der Waals surface area contributed by atoms with Gasteiger partial charge in [0.05, 0.1) is 6.61 Å². The Labute approximate surface area is 97.6 Å². The van der Waals surface area contributed by atoms with Gasteiger partial charge in [0.25, 0.3) is 0 Å². The molecule has 100 valence electrons. The summed E-state index contributed by atoms with van der Waals surface area (Å²) in [6.45, 7) is 1.15. The number of rotatable bonds is 3. The fourth-order valence-corrected chi connectivity index (χ4v) is 0.823. The number of aliphatic hydroxyl groups is 5. The Kier molecular flexibility index (Phi) is 6.51. The lowest BCUT2D eigenvalue weighted by Crippen LogP contribution is -2.31. The van der Waals surface area contributed by atoms with E-state index in [-0.39, 0.29) is 0 Å². The van der Waals surface area contributed by atoms with E-state index in [0.29, 0.717) is 6.42 Å². The number of ether oxygens (including phenoxy) is 1. The van der Waals surface area contributed by atoms with E-state index in [2.05, 4.69) is 4.74 Å². The minimum absolute atomic E-state index is 0.616. The fraction of sp³-hybridized carbons (Fsp3) is 0.667. The molecule has 8 nitrogen and oxygen atoms in total. The Morgan fingerprint density at radius 2 is 1.88 bits per heavy atom. The number of aliphatic hydroxyl groups excluding tert-OH is 5. The first-order chi connectivity index (χ1) is 7.84. The molecule has 1 rings (SSSR count). The van der Waals surface area contributed by atoms with E-state index < -0.39 is 42.5 Å². The van der Waals surface area contributed by atoms with Gasteiger partial charge in [-0.25, -0.2) is 4.79 Å². The van der Waals surface area contributed by atoms with Crippen LogP contribution in [0.5, 0.6) is 0 Å². The van der Waals surface area contributed by atoms with Crippen molar-refractivity contribution in [3.8, 4) is 0 Å². The highest BCUT2D eigenvalue weighted by molar-refractivity contribution is 5.89. The zero-order valence-corrected chi connectivity index (χ0v) is 9.28. The van der Waals surface area contributed by atoms with Crippen molar-refractivity contribution < 1.29 is 35.1 Å². The van der Waals surface area contributed by atoms with Crippen molar-refractivity contribution in [2.24, 2.45) is 5.73 Å². The van der Waals surface area contributed by atoms with Gasteiger partial charge in [-0.15, -0.1) is 0 Å². The highest BCUT2D eigenvalue weighted by Crippen LogP contribution is 2.20. The first kappa shape index (κ1) is 15.7. The molecule has 0 spiro atoms. The van der Waals surface area contributed by atoms with E-state index in [1.54, 1.807) is 0 Å². The second kappa shape index (κ2) is 7.07. The first-order valence-electron chi connectivity index (χ1n) is 4.90. The van der Waals surface area contributed by atoms with Crippen LogP contribution in [0.3, 0.4) is 0 Å². The summed E-state index contributed by atoms with van der Waals surface area (Å²) in [6, 6.07) is 0. The molecular formula is C9H17NO7. The van der Waals surface area contributed by atoms with Gasteiger partial charge < -0.3 is 36.0 Å². The number of esters is 1. The number of carbonyl (C=O) groups excluding carboxylic acids is 1. The number of hydrogen-bond acceptors (Lipinski definition) is 8. The van der Waals surface area contributed by atoms with Crippen molar-refractivity contribution in [1.29, 1.82) is 0 Å². The third-order valence-corrected chi connectivity index (χ3v) is 1.89. The van der Waals surface area contributed by atoms with Gasteiger partial charge in [-0.2, -0.15) is 0 Å². The van der Waals surface area contributed by atoms with Gasteiger partial charge in [0, 0.05) is 0 Å². The Bertz CT molecular complexity index is 289. The van der Waals surface area contributed by atoms with Crippen LogP contribution in [-0.4, -0.2) is 56.5 Å². The molecule has 0 aromatic carbocycles. The standard InChI is InChI=1S/C6H8O6.C3H9NO/c7-1-2(8)5-3(9)4(10)6(11)12-5;1-2-3(4)5/h2,5,7-10H,1H2;3,5H,2,4H2,1H3/t2-,5+;/m0./s1. The lowest BCUT2D eigenvalue weighted by molar-refractivity contribution is -0.147. The summed E-state index contributed by atoms with van der Waals surface area (Å²) < 4.78 is 4.32. The molecule has 7 N–H and O–H groups in total. The van der Waals surface area contributed by atoms with E-state index in [4.69, 9.17) is 31.3 Å². The first-order valence-corrected chi connectivity index (χ1v) is 4.90. The molecule has 0 aliphatic carbocycles. The van der Waals surface area contributed by atoms with Gasteiger partial charge in [0.15, 0.2) is 11.9 Å². The molecule has 8 heteroatoms. The molecule has 0 aromatic rings. The van der Waals surface area contributed by atoms with Gasteiger partial charge in [0.1, 0.15) is 12.3 Å². The van der Waals surface area contributed by atoms with Gasteiger partial charge in [-0.3, -0.25) is 0 Å². The number of nitrogens with two attached hydrogens (primary N) is 1. The van der Waals surface area contributed by atoms with Crippen LogP contribution in [0.25, 0.3) is 0 Å². The zero-order valence-electron chi connectivity index (χ0n) is 9.28. The van der Waals surface area contributed by atoms with Crippen LogP contribution in [0, 0.1) is 0 Å². The quantitative estimate of drug-likeness (QED) is 0.255. The molecule has 0 aromatic heterocycles. The normalized spacial score (nSPS) is 22.6. The molecule has 0 bridgehead atoms. The van der Waals surface area contributed by atoms with Gasteiger partial charge in [0.2, 0.25) is 5.76 Å². The van der Waals surface area contributed by atoms with E-state index in [0.717, 1.165) is 0 Å². The minimum Gasteiger partial charge on any atom is -0.505 e. The van der Waals surface area contributed by atoms with E-state index in [9.17, 15) is 4.79 Å². The van der Waals surface area contributed by atoms with Crippen LogP contribution in [0.1, 0.15) is 13.3 Å². The summed E-state index contributed by atoms with van der Waals surface area (Å²) in [7, 11) is 0. The van der Waals surface area contributed by atoms with Crippen LogP contribution in [-0.2, 0) is 9.53 Å². The van der Waals surface area contributed by atoms with Crippen LogP contribution in [0.4, 0.5) is 0 Å². The summed E-state index contributed by atoms with van der Waals surface area (Å²) in [6.07, 6.45) is -2.75. The SMILES string of the molecule is CCC(N)O.O=C1O[C@H]([C@@H](O)CO)C(O)=C1O. The van der Waals surface area contributed by atoms with Crippen LogP contribution in [0.2, 0.25) is 0 Å². The maximum Gasteiger partial charge on any atom is 0.377 e. The van der Waals surface area contributed by atoms with Crippen LogP contribution < -0.4 is 5.73 Å². The fourth-order valence-electron chi connectivity index (χ4n) is 0.823. The molecule has 0 radical (unpaired) electrons. The van der Waals surface area contributed by atoms with Crippen LogP contribution in [0.15, 0.2) is 11.5 Å². The van der Waals surface area contributed by atoms with Crippen molar-refractivity contribution in [2.75, 3.05) is 6.61 Å². The molecule has 0 fully saturated rings. The summed E-state index contributed by atoms with van der Waals surface area (Å²) >= 11 is 0. The van der Waals surface area contributed by atoms with Gasteiger partial charge >= 0.3 is 5.97 Å². The van der Waals surface area contributed by atoms with Crippen molar-refractivity contribution in [3.63, 3.8) is 0 Å². The molecule has 1 heterocycles. The van der Waals surface area contributed by atoms with E-state index >= 15 is 0 Å². The van der Waals surface area contributed by atoms with Gasteiger partial charge in [-0.1, -0.05) is 6.92 Å². The smallest absolute Gasteiger partial charge is 0.377 e. The lowest BCUT2D eigenvalue weighted by atomic mass is 10.2. The van der Waals surface area contributed by atoms with Gasteiger partial charge in [-0.05, 0) is 6.42 Å². The Balaban J connectivity index is 0.000000437. The third kappa shape index (κ3) is 4.57. The monoisotopic (exact) mass is 251 g/mol. The predicted octanol–water partition coefficient (Wildman–Crippen LogP) is -1.73. The lowest BCUT2D eigenvalue weighted by Gasteiger charge is -2.13. The average Bonchev–Trinajstić information content (AvgIpc) is 2.56. The molecule has 0 amide bonds. The molecule has 1 aliphatic rings. The highest BCUT2D eigenvalue weighted by Gasteiger charge is 2.38. The zero-order chi connectivity index (χ0) is 13.6. The van der Waals surface area contributed by atoms with Crippen molar-refractivity contribution in [1.82, 2.24) is 0 Å². The predicted molar refractivity (Wildman–Crippen MR) is 55.7 cm³/mol. The summed E-state index contributed by atoms with van der Waals surface area (Å²) in [5.74, 6) is -2.78. The van der Waals surface area contributed by atoms with Crippen molar-refractivity contribution >= 4 is 5.97 Å². The minimum atomic E-state index is -1.42. The number of carbonyl (C=O) groups is 1. The topological polar surface area (TPSA) is 153 Å². The van der Waals surface area contributed by atoms with Crippen molar-refractivity contribution in [3.05, 3.63) is 11.5 Å². The maximum absolute atomic E-state index is 10.5. The van der Waals surface area contributed by atoms with E-state index in [1.807, 2.05) is 6.92 Å². The molecule has 0 saturated heterocycles. The Morgan fingerprint density at radius 1 is 1.41 bits per heavy atom. The Hall–Kier alpha value is -1.35. The third-order valence-electron chi connectivity index (χ3n) is 1.89. The number of cyclic esters (lactones) is 1.